The van der Waals surface area contributed by atoms with Gasteiger partial charge in [-0.1, -0.05) is 0 Å². The summed E-state index contributed by atoms with van der Waals surface area (Å²) in [6.45, 7) is 0. The Bertz CT molecular complexity index is 257. The molecule has 1 aliphatic rings. The summed E-state index contributed by atoms with van der Waals surface area (Å²) in [6.07, 6.45) is 1.57. The minimum atomic E-state index is -0.381. The first-order valence-corrected chi connectivity index (χ1v) is 3.49. The molecule has 12 heavy (non-hydrogen) atoms. The van der Waals surface area contributed by atoms with Gasteiger partial charge in [0.25, 0.3) is 5.91 Å². The van der Waals surface area contributed by atoms with Gasteiger partial charge in [-0.25, -0.2) is 4.79 Å². The molecule has 66 valence electrons. The highest BCUT2D eigenvalue weighted by Crippen LogP contribution is 2.06. The molecule has 1 fully saturated rings. The maximum Gasteiger partial charge on any atom is 0.328 e. The second kappa shape index (κ2) is 2.84. The standard InChI is InChI=1S/C7H11N3O2/c1-9(2)4-5-6(11)10(3)7(12)8-5/h4H,1-3H3,(H,8,12)/b5-4+. The molecule has 1 N–H and O–H groups in total. The van der Waals surface area contributed by atoms with Crippen molar-refractivity contribution >= 4 is 11.9 Å². The minimum absolute atomic E-state index is 0.297. The number of hydrogen-bond acceptors (Lipinski definition) is 3. The van der Waals surface area contributed by atoms with Crippen molar-refractivity contribution in [1.82, 2.24) is 15.1 Å². The number of carbonyl (C=O) groups excluding carboxylic acids is 2. The summed E-state index contributed by atoms with van der Waals surface area (Å²) in [6, 6.07) is -0.381. The average Bonchev–Trinajstić information content (AvgIpc) is 2.17. The molecule has 0 saturated carbocycles. The maximum atomic E-state index is 11.2. The van der Waals surface area contributed by atoms with E-state index >= 15 is 0 Å². The minimum Gasteiger partial charge on any atom is -0.382 e. The van der Waals surface area contributed by atoms with Crippen molar-refractivity contribution in [3.05, 3.63) is 11.9 Å². The van der Waals surface area contributed by atoms with Crippen molar-refractivity contribution in [1.29, 1.82) is 0 Å². The lowest BCUT2D eigenvalue weighted by Gasteiger charge is -2.04. The first-order chi connectivity index (χ1) is 5.52. The molecule has 5 nitrogen and oxygen atoms in total. The number of hydrogen-bond donors (Lipinski definition) is 1. The van der Waals surface area contributed by atoms with E-state index in [1.54, 1.807) is 25.2 Å². The summed E-state index contributed by atoms with van der Waals surface area (Å²) in [5.41, 5.74) is 0.313. The van der Waals surface area contributed by atoms with Crippen LogP contribution in [0.3, 0.4) is 0 Å². The summed E-state index contributed by atoms with van der Waals surface area (Å²) in [5.74, 6) is -0.297. The van der Waals surface area contributed by atoms with Gasteiger partial charge < -0.3 is 10.2 Å². The average molecular weight is 169 g/mol. The molecule has 0 unspecified atom stereocenters. The highest BCUT2D eigenvalue weighted by atomic mass is 16.2. The SMILES string of the molecule is CN(C)/C=C1/NC(=O)N(C)C1=O. The highest BCUT2D eigenvalue weighted by Gasteiger charge is 2.29. The molecule has 0 spiro atoms. The molecular formula is C7H11N3O2. The molecule has 0 radical (unpaired) electrons. The molecule has 0 atom stereocenters. The number of nitrogens with one attached hydrogen (secondary N) is 1. The number of rotatable bonds is 1. The lowest BCUT2D eigenvalue weighted by atomic mass is 10.4. The Balaban J connectivity index is 2.85. The van der Waals surface area contributed by atoms with E-state index in [2.05, 4.69) is 5.32 Å². The second-order valence-corrected chi connectivity index (χ2v) is 2.80. The highest BCUT2D eigenvalue weighted by molar-refractivity contribution is 6.11. The van der Waals surface area contributed by atoms with E-state index < -0.39 is 0 Å². The van der Waals surface area contributed by atoms with Gasteiger partial charge in [0.15, 0.2) is 0 Å². The zero-order chi connectivity index (χ0) is 9.30. The van der Waals surface area contributed by atoms with Crippen LogP contribution in [0.25, 0.3) is 0 Å². The normalized spacial score (nSPS) is 20.2. The molecule has 1 heterocycles. The van der Waals surface area contributed by atoms with Crippen LogP contribution in [0.4, 0.5) is 4.79 Å². The van der Waals surface area contributed by atoms with E-state index in [0.717, 1.165) is 4.90 Å². The summed E-state index contributed by atoms with van der Waals surface area (Å²) < 4.78 is 0. The van der Waals surface area contributed by atoms with Gasteiger partial charge in [-0.05, 0) is 0 Å². The molecular weight excluding hydrogens is 158 g/mol. The zero-order valence-corrected chi connectivity index (χ0v) is 7.29. The Labute approximate surface area is 70.6 Å². The summed E-state index contributed by atoms with van der Waals surface area (Å²) >= 11 is 0. The topological polar surface area (TPSA) is 52.7 Å². The van der Waals surface area contributed by atoms with Crippen LogP contribution in [0.2, 0.25) is 0 Å². The van der Waals surface area contributed by atoms with E-state index in [4.69, 9.17) is 0 Å². The number of nitrogens with zero attached hydrogens (tertiary/aromatic N) is 2. The third-order valence-corrected chi connectivity index (χ3v) is 1.47. The van der Waals surface area contributed by atoms with Crippen molar-refractivity contribution < 1.29 is 9.59 Å². The third kappa shape index (κ3) is 1.39. The molecule has 0 bridgehead atoms. The molecule has 1 aliphatic heterocycles. The van der Waals surface area contributed by atoms with E-state index in [-0.39, 0.29) is 11.9 Å². The van der Waals surface area contributed by atoms with Gasteiger partial charge in [-0.15, -0.1) is 0 Å². The quantitative estimate of drug-likeness (QED) is 0.428. The molecule has 0 aromatic rings. The van der Waals surface area contributed by atoms with Crippen molar-refractivity contribution in [2.75, 3.05) is 21.1 Å². The molecule has 5 heteroatoms. The second-order valence-electron chi connectivity index (χ2n) is 2.80. The zero-order valence-electron chi connectivity index (χ0n) is 7.29. The molecule has 1 saturated heterocycles. The van der Waals surface area contributed by atoms with Gasteiger partial charge in [-0.3, -0.25) is 9.69 Å². The Morgan fingerprint density at radius 1 is 1.42 bits per heavy atom. The Kier molecular flexibility index (Phi) is 2.03. The van der Waals surface area contributed by atoms with Crippen molar-refractivity contribution in [3.8, 4) is 0 Å². The van der Waals surface area contributed by atoms with Crippen LogP contribution in [0.1, 0.15) is 0 Å². The number of carbonyl (C=O) groups is 2. The first-order valence-electron chi connectivity index (χ1n) is 3.49. The van der Waals surface area contributed by atoms with E-state index in [1.807, 2.05) is 0 Å². The van der Waals surface area contributed by atoms with Crippen LogP contribution >= 0.6 is 0 Å². The molecule has 1 rings (SSSR count). The lowest BCUT2D eigenvalue weighted by Crippen LogP contribution is -2.25. The van der Waals surface area contributed by atoms with E-state index in [9.17, 15) is 9.59 Å². The fraction of sp³-hybridized carbons (Fsp3) is 0.429. The van der Waals surface area contributed by atoms with Crippen LogP contribution in [-0.4, -0.2) is 42.9 Å². The predicted molar refractivity (Wildman–Crippen MR) is 43.1 cm³/mol. The van der Waals surface area contributed by atoms with Gasteiger partial charge in [0.1, 0.15) is 5.70 Å². The maximum absolute atomic E-state index is 11.2. The van der Waals surface area contributed by atoms with Gasteiger partial charge in [0, 0.05) is 27.3 Å². The lowest BCUT2D eigenvalue weighted by molar-refractivity contribution is -0.122. The number of amides is 3. The number of urea groups is 1. The van der Waals surface area contributed by atoms with Gasteiger partial charge in [0.2, 0.25) is 0 Å². The monoisotopic (exact) mass is 169 g/mol. The number of likely N-dealkylation sites (N-methyl/N-ethyl adjacent to an activating group) is 1. The van der Waals surface area contributed by atoms with E-state index in [0.29, 0.717) is 5.70 Å². The van der Waals surface area contributed by atoms with Crippen LogP contribution in [-0.2, 0) is 4.79 Å². The van der Waals surface area contributed by atoms with Gasteiger partial charge in [-0.2, -0.15) is 0 Å². The van der Waals surface area contributed by atoms with Gasteiger partial charge in [0.05, 0.1) is 0 Å². The molecule has 0 aromatic carbocycles. The van der Waals surface area contributed by atoms with E-state index in [1.165, 1.54) is 7.05 Å². The predicted octanol–water partition coefficient (Wildman–Crippen LogP) is -0.429. The smallest absolute Gasteiger partial charge is 0.328 e. The molecule has 0 aliphatic carbocycles. The van der Waals surface area contributed by atoms with Crippen molar-refractivity contribution in [2.45, 2.75) is 0 Å². The Morgan fingerprint density at radius 2 is 2.00 bits per heavy atom. The van der Waals surface area contributed by atoms with Crippen LogP contribution in [0, 0.1) is 0 Å². The first kappa shape index (κ1) is 8.58. The van der Waals surface area contributed by atoms with Crippen molar-refractivity contribution in [3.63, 3.8) is 0 Å². The largest absolute Gasteiger partial charge is 0.382 e. The fourth-order valence-corrected chi connectivity index (χ4v) is 0.871. The van der Waals surface area contributed by atoms with Crippen molar-refractivity contribution in [2.24, 2.45) is 0 Å². The van der Waals surface area contributed by atoms with Gasteiger partial charge >= 0.3 is 6.03 Å². The molecule has 3 amide bonds. The molecule has 0 aromatic heterocycles. The summed E-state index contributed by atoms with van der Waals surface area (Å²) in [5, 5.41) is 2.44. The number of imide groups is 1. The Morgan fingerprint density at radius 3 is 2.33 bits per heavy atom. The fourth-order valence-electron chi connectivity index (χ4n) is 0.871. The Hall–Kier alpha value is -1.52. The summed E-state index contributed by atoms with van der Waals surface area (Å²) in [7, 11) is 5.00. The van der Waals surface area contributed by atoms with Crippen LogP contribution in [0.15, 0.2) is 11.9 Å². The van der Waals surface area contributed by atoms with Crippen LogP contribution in [0.5, 0.6) is 0 Å². The van der Waals surface area contributed by atoms with Crippen LogP contribution < -0.4 is 5.32 Å². The third-order valence-electron chi connectivity index (χ3n) is 1.47. The summed E-state index contributed by atoms with van der Waals surface area (Å²) in [4.78, 5) is 24.8.